The molecule has 230 valence electrons. The molecule has 9 N–H and O–H groups in total. The molecule has 2 aliphatic rings. The van der Waals surface area contributed by atoms with Gasteiger partial charge in [0, 0.05) is 0 Å². The molecule has 0 saturated carbocycles. The van der Waals surface area contributed by atoms with E-state index in [0.29, 0.717) is 26.7 Å². The van der Waals surface area contributed by atoms with Crippen LogP contribution in [0.25, 0.3) is 0 Å². The molecule has 1 aliphatic heterocycles. The number of phenols is 5. The number of ether oxygens (including phenoxy) is 1. The van der Waals surface area contributed by atoms with Gasteiger partial charge < -0.3 is 0 Å². The predicted molar refractivity (Wildman–Crippen MR) is 167 cm³/mol. The third-order valence-electron chi connectivity index (χ3n) is 8.21. The number of aliphatic hydroxyl groups excluding tert-OH is 3. The molecule has 1 heterocycles. The van der Waals surface area contributed by atoms with Crippen LogP contribution in [0.5, 0.6) is 34.5 Å². The van der Waals surface area contributed by atoms with Gasteiger partial charge in [-0.1, -0.05) is 0 Å². The maximum atomic E-state index is 11.4. The van der Waals surface area contributed by atoms with Crippen LogP contribution in [0, 0.1) is 12.8 Å². The van der Waals surface area contributed by atoms with Crippen LogP contribution in [0.1, 0.15) is 56.6 Å². The summed E-state index contributed by atoms with van der Waals surface area (Å²) in [5.41, 5.74) is 3.53. The molecule has 4 atom stereocenters. The normalized spacial score (nSPS) is 20.2. The van der Waals surface area contributed by atoms with E-state index in [-0.39, 0.29) is 71.4 Å². The Balaban J connectivity index is 1.48. The molecule has 0 radical (unpaired) electrons. The number of fused-ring (bicyclic) bond motifs is 1. The molecule has 0 aromatic heterocycles. The number of alkyl halides is 2. The molecule has 1 unspecified atom stereocenters. The quantitative estimate of drug-likeness (QED) is 0.0818. The number of rotatable bonds is 8. The second kappa shape index (κ2) is 12.1. The SMILES string of the molecule is Cc1c(C[C@H](O)[C@H](C)c2ccc(O)c(O)c2)c(O)cc2c1[C@@H](c1c(O)cc(O)cc1OCC1C=CC(O)=C(O)C1)I(O)C2. The average Bonchev–Trinajstić information content (AvgIpc) is 3.27. The summed E-state index contributed by atoms with van der Waals surface area (Å²) in [6.45, 7) is 3.64. The molecule has 10 nitrogen and oxygen atoms in total. The van der Waals surface area contributed by atoms with E-state index in [1.54, 1.807) is 32.1 Å². The first-order valence-electron chi connectivity index (χ1n) is 13.7. The van der Waals surface area contributed by atoms with Crippen LogP contribution >= 0.6 is 20.2 Å². The Morgan fingerprint density at radius 2 is 1.65 bits per heavy atom. The van der Waals surface area contributed by atoms with Crippen molar-refractivity contribution >= 4 is 20.2 Å². The van der Waals surface area contributed by atoms with Gasteiger partial charge in [-0.2, -0.15) is 0 Å². The Labute approximate surface area is 256 Å². The molecular weight excluding hydrogens is 671 g/mol. The molecule has 0 saturated heterocycles. The molecule has 3 aromatic rings. The minimum atomic E-state index is -2.87. The van der Waals surface area contributed by atoms with E-state index in [1.165, 1.54) is 30.3 Å². The van der Waals surface area contributed by atoms with Crippen molar-refractivity contribution in [3.63, 3.8) is 0 Å². The first-order chi connectivity index (χ1) is 20.3. The number of phenolic OH excluding ortho intramolecular Hbond substituents is 5. The second-order valence-corrected chi connectivity index (χ2v) is 15.2. The maximum absolute atomic E-state index is 11.4. The molecule has 0 bridgehead atoms. The van der Waals surface area contributed by atoms with Gasteiger partial charge in [0.05, 0.1) is 0 Å². The number of aliphatic hydroxyl groups is 3. The van der Waals surface area contributed by atoms with Gasteiger partial charge in [0.2, 0.25) is 0 Å². The number of hydrogen-bond acceptors (Lipinski definition) is 10. The molecule has 1 aliphatic carbocycles. The number of hydrogen-bond donors (Lipinski definition) is 9. The second-order valence-electron chi connectivity index (χ2n) is 11.1. The van der Waals surface area contributed by atoms with Crippen molar-refractivity contribution < 1.29 is 49.0 Å². The van der Waals surface area contributed by atoms with Crippen molar-refractivity contribution in [3.8, 4) is 34.5 Å². The summed E-state index contributed by atoms with van der Waals surface area (Å²) < 4.78 is 17.2. The van der Waals surface area contributed by atoms with Gasteiger partial charge in [0.25, 0.3) is 0 Å². The van der Waals surface area contributed by atoms with E-state index in [0.717, 1.165) is 11.1 Å². The van der Waals surface area contributed by atoms with E-state index in [1.807, 2.05) is 0 Å². The van der Waals surface area contributed by atoms with E-state index >= 15 is 0 Å². The summed E-state index contributed by atoms with van der Waals surface area (Å²) in [6.07, 6.45) is 2.32. The van der Waals surface area contributed by atoms with Crippen LogP contribution < -0.4 is 4.74 Å². The zero-order valence-corrected chi connectivity index (χ0v) is 25.7. The van der Waals surface area contributed by atoms with Crippen LogP contribution in [0.15, 0.2) is 60.1 Å². The zero-order valence-electron chi connectivity index (χ0n) is 23.6. The Hall–Kier alpha value is -3.81. The van der Waals surface area contributed by atoms with Gasteiger partial charge in [-0.05, 0) is 0 Å². The fourth-order valence-corrected chi connectivity index (χ4v) is 10.6. The van der Waals surface area contributed by atoms with Gasteiger partial charge in [-0.3, -0.25) is 0 Å². The summed E-state index contributed by atoms with van der Waals surface area (Å²) in [4.78, 5) is 0. The molecule has 0 spiro atoms. The number of aromatic hydroxyl groups is 5. The van der Waals surface area contributed by atoms with Crippen LogP contribution in [0.4, 0.5) is 0 Å². The molecular formula is C32H35IO10. The van der Waals surface area contributed by atoms with Crippen molar-refractivity contribution in [2.45, 2.75) is 47.1 Å². The standard InChI is InChI=1S/C32H35IO10/c1-15(18-4-6-23(36)27(40)8-18)24(37)12-21-16(2)30-19(9-25(21)38)13-33(42)32(30)31-28(41)10-20(34)11-29(31)43-14-17-3-5-22(35)26(39)7-17/h3-6,8-11,15,17,24,32,34-42H,7,12-14H2,1-2H3/t15-,17?,24+,32+/m1/s1. The van der Waals surface area contributed by atoms with Crippen LogP contribution in [0.2, 0.25) is 0 Å². The van der Waals surface area contributed by atoms with Gasteiger partial charge in [0.15, 0.2) is 0 Å². The molecule has 11 heteroatoms. The fourth-order valence-electron chi connectivity index (χ4n) is 5.73. The Kier molecular flexibility index (Phi) is 8.59. The van der Waals surface area contributed by atoms with Gasteiger partial charge in [-0.15, -0.1) is 0 Å². The Morgan fingerprint density at radius 1 is 0.907 bits per heavy atom. The molecule has 43 heavy (non-hydrogen) atoms. The van der Waals surface area contributed by atoms with Gasteiger partial charge in [-0.25, -0.2) is 0 Å². The first-order valence-corrected chi connectivity index (χ1v) is 17.4. The molecule has 0 fully saturated rings. The third kappa shape index (κ3) is 6.01. The number of benzene rings is 3. The summed E-state index contributed by atoms with van der Waals surface area (Å²) in [6, 6.07) is 8.49. The van der Waals surface area contributed by atoms with Crippen LogP contribution in [-0.4, -0.2) is 57.0 Å². The minimum absolute atomic E-state index is 0.0208. The third-order valence-corrected chi connectivity index (χ3v) is 12.5. The fraction of sp³-hybridized carbons (Fsp3) is 0.312. The predicted octanol–water partition coefficient (Wildman–Crippen LogP) is 5.53. The summed E-state index contributed by atoms with van der Waals surface area (Å²) in [7, 11) is 0. The average molecular weight is 707 g/mol. The topological polar surface area (TPSA) is 191 Å². The van der Waals surface area contributed by atoms with Crippen molar-refractivity contribution in [1.82, 2.24) is 0 Å². The van der Waals surface area contributed by atoms with Crippen LogP contribution in [0.3, 0.4) is 0 Å². The molecule has 3 aromatic carbocycles. The van der Waals surface area contributed by atoms with E-state index in [2.05, 4.69) is 0 Å². The van der Waals surface area contributed by atoms with Crippen molar-refractivity contribution in [2.24, 2.45) is 5.92 Å². The monoisotopic (exact) mass is 706 g/mol. The van der Waals surface area contributed by atoms with Crippen molar-refractivity contribution in [3.05, 3.63) is 93.4 Å². The van der Waals surface area contributed by atoms with Crippen molar-refractivity contribution in [1.29, 1.82) is 0 Å². The summed E-state index contributed by atoms with van der Waals surface area (Å²) in [5, 5.41) is 82.6. The van der Waals surface area contributed by atoms with Crippen molar-refractivity contribution in [2.75, 3.05) is 6.61 Å². The van der Waals surface area contributed by atoms with Gasteiger partial charge >= 0.3 is 257 Å². The molecule has 0 amide bonds. The Morgan fingerprint density at radius 3 is 2.35 bits per heavy atom. The molecule has 5 rings (SSSR count). The first kappa shape index (κ1) is 30.6. The summed E-state index contributed by atoms with van der Waals surface area (Å²) in [5.74, 6) is -2.00. The van der Waals surface area contributed by atoms with Gasteiger partial charge in [0.1, 0.15) is 0 Å². The zero-order chi connectivity index (χ0) is 31.2. The number of allylic oxidation sites excluding steroid dienone is 2. The van der Waals surface area contributed by atoms with E-state index in [9.17, 15) is 44.3 Å². The van der Waals surface area contributed by atoms with Crippen LogP contribution in [-0.2, 0) is 10.8 Å². The Bertz CT molecular complexity index is 1610. The number of halogens is 1. The van der Waals surface area contributed by atoms with E-state index < -0.39 is 36.2 Å². The van der Waals surface area contributed by atoms with E-state index in [4.69, 9.17) is 4.74 Å². The summed E-state index contributed by atoms with van der Waals surface area (Å²) >= 11 is -2.87.